The van der Waals surface area contributed by atoms with Gasteiger partial charge in [0.15, 0.2) is 10.9 Å². The number of aryl methyl sites for hydroxylation is 2. The van der Waals surface area contributed by atoms with Crippen LogP contribution in [0.2, 0.25) is 0 Å². The van der Waals surface area contributed by atoms with E-state index < -0.39 is 0 Å². The van der Waals surface area contributed by atoms with Crippen molar-refractivity contribution in [2.75, 3.05) is 5.32 Å². The SMILES string of the molecule is CC(=O)NCc1ccc(-c2csc(NC(=O)c3ccc4c(n3)CCCC4)n2)o1. The molecule has 0 saturated carbocycles. The Morgan fingerprint density at radius 3 is 2.86 bits per heavy atom. The third-order valence-electron chi connectivity index (χ3n) is 4.56. The molecule has 4 rings (SSSR count). The molecule has 0 spiro atoms. The second-order valence-electron chi connectivity index (χ2n) is 6.68. The first-order chi connectivity index (χ1) is 13.6. The molecule has 0 saturated heterocycles. The first kappa shape index (κ1) is 18.4. The number of furan rings is 1. The van der Waals surface area contributed by atoms with E-state index in [1.807, 2.05) is 11.4 Å². The number of rotatable bonds is 5. The summed E-state index contributed by atoms with van der Waals surface area (Å²) in [6.07, 6.45) is 4.26. The molecule has 1 aliphatic carbocycles. The molecule has 1 aliphatic rings. The first-order valence-corrected chi connectivity index (χ1v) is 10.1. The highest BCUT2D eigenvalue weighted by molar-refractivity contribution is 7.14. The molecule has 7 nitrogen and oxygen atoms in total. The Morgan fingerprint density at radius 1 is 1.14 bits per heavy atom. The van der Waals surface area contributed by atoms with Gasteiger partial charge in [0.1, 0.15) is 17.1 Å². The average molecular weight is 396 g/mol. The summed E-state index contributed by atoms with van der Waals surface area (Å²) >= 11 is 1.32. The third-order valence-corrected chi connectivity index (χ3v) is 5.32. The molecule has 2 amide bonds. The molecule has 0 fully saturated rings. The molecule has 3 aromatic rings. The third kappa shape index (κ3) is 4.12. The lowest BCUT2D eigenvalue weighted by molar-refractivity contribution is -0.119. The molecule has 0 unspecified atom stereocenters. The second-order valence-corrected chi connectivity index (χ2v) is 7.54. The minimum atomic E-state index is -0.264. The molecule has 3 aromatic heterocycles. The fraction of sp³-hybridized carbons (Fsp3) is 0.300. The lowest BCUT2D eigenvalue weighted by atomic mass is 9.96. The van der Waals surface area contributed by atoms with E-state index in [1.165, 1.54) is 30.2 Å². The van der Waals surface area contributed by atoms with Crippen LogP contribution in [0.1, 0.15) is 47.3 Å². The maximum Gasteiger partial charge on any atom is 0.276 e. The van der Waals surface area contributed by atoms with Crippen LogP contribution in [-0.2, 0) is 24.2 Å². The van der Waals surface area contributed by atoms with Gasteiger partial charge in [-0.2, -0.15) is 0 Å². The number of anilines is 1. The Morgan fingerprint density at radius 2 is 2.00 bits per heavy atom. The summed E-state index contributed by atoms with van der Waals surface area (Å²) in [5.41, 5.74) is 3.31. The van der Waals surface area contributed by atoms with Crippen molar-refractivity contribution in [1.29, 1.82) is 0 Å². The van der Waals surface area contributed by atoms with Crippen molar-refractivity contribution in [3.8, 4) is 11.5 Å². The minimum absolute atomic E-state index is 0.118. The molecule has 0 bridgehead atoms. The predicted octanol–water partition coefficient (Wildman–Crippen LogP) is 3.57. The molecule has 3 heterocycles. The van der Waals surface area contributed by atoms with Gasteiger partial charge in [-0.25, -0.2) is 9.97 Å². The molecule has 0 radical (unpaired) electrons. The van der Waals surface area contributed by atoms with E-state index in [1.54, 1.807) is 18.2 Å². The summed E-state index contributed by atoms with van der Waals surface area (Å²) in [4.78, 5) is 32.5. The molecule has 2 N–H and O–H groups in total. The summed E-state index contributed by atoms with van der Waals surface area (Å²) in [5.74, 6) is 0.846. The molecule has 0 atom stereocenters. The predicted molar refractivity (Wildman–Crippen MR) is 106 cm³/mol. The van der Waals surface area contributed by atoms with Crippen molar-refractivity contribution in [3.05, 3.63) is 52.4 Å². The number of thiazole rings is 1. The van der Waals surface area contributed by atoms with Crippen LogP contribution >= 0.6 is 11.3 Å². The Hall–Kier alpha value is -3.00. The Kier molecular flexibility index (Phi) is 5.21. The van der Waals surface area contributed by atoms with Gasteiger partial charge in [-0.1, -0.05) is 6.07 Å². The highest BCUT2D eigenvalue weighted by atomic mass is 32.1. The summed E-state index contributed by atoms with van der Waals surface area (Å²) in [6, 6.07) is 7.36. The lowest BCUT2D eigenvalue weighted by Crippen LogP contribution is -2.18. The number of carbonyl (C=O) groups excluding carboxylic acids is 2. The Labute approximate surface area is 166 Å². The van der Waals surface area contributed by atoms with Gasteiger partial charge in [-0.3, -0.25) is 14.9 Å². The van der Waals surface area contributed by atoms with Crippen LogP contribution in [0.3, 0.4) is 0 Å². The molecular formula is C20H20N4O3S. The quantitative estimate of drug-likeness (QED) is 0.687. The van der Waals surface area contributed by atoms with E-state index >= 15 is 0 Å². The maximum atomic E-state index is 12.5. The van der Waals surface area contributed by atoms with E-state index in [4.69, 9.17) is 4.42 Å². The van der Waals surface area contributed by atoms with Crippen LogP contribution < -0.4 is 10.6 Å². The number of nitrogens with zero attached hydrogens (tertiary/aromatic N) is 2. The topological polar surface area (TPSA) is 97.1 Å². The number of hydrogen-bond donors (Lipinski definition) is 2. The standard InChI is InChI=1S/C20H20N4O3S/c1-12(25)21-10-14-7-9-18(27-14)17-11-28-20(23-17)24-19(26)16-8-6-13-4-2-3-5-15(13)22-16/h6-9,11H,2-5,10H2,1H3,(H,21,25)(H,23,24,26). The number of fused-ring (bicyclic) bond motifs is 1. The van der Waals surface area contributed by atoms with Gasteiger partial charge >= 0.3 is 0 Å². The molecule has 0 aliphatic heterocycles. The normalized spacial score (nSPS) is 13.0. The van der Waals surface area contributed by atoms with Crippen molar-refractivity contribution in [1.82, 2.24) is 15.3 Å². The van der Waals surface area contributed by atoms with Crippen molar-refractivity contribution in [3.63, 3.8) is 0 Å². The van der Waals surface area contributed by atoms with Crippen molar-refractivity contribution >= 4 is 28.3 Å². The number of hydrogen-bond acceptors (Lipinski definition) is 6. The summed E-state index contributed by atoms with van der Waals surface area (Å²) in [7, 11) is 0. The molecule has 0 aromatic carbocycles. The fourth-order valence-electron chi connectivity index (χ4n) is 3.14. The Balaban J connectivity index is 1.43. The van der Waals surface area contributed by atoms with E-state index in [0.717, 1.165) is 25.0 Å². The summed E-state index contributed by atoms with van der Waals surface area (Å²) in [5, 5.41) is 7.79. The monoisotopic (exact) mass is 396 g/mol. The van der Waals surface area contributed by atoms with Gasteiger partial charge < -0.3 is 9.73 Å². The van der Waals surface area contributed by atoms with E-state index in [2.05, 4.69) is 20.6 Å². The maximum absolute atomic E-state index is 12.5. The van der Waals surface area contributed by atoms with Gasteiger partial charge in [0.2, 0.25) is 5.91 Å². The first-order valence-electron chi connectivity index (χ1n) is 9.18. The van der Waals surface area contributed by atoms with Crippen molar-refractivity contribution in [2.45, 2.75) is 39.2 Å². The van der Waals surface area contributed by atoms with Gasteiger partial charge in [0.05, 0.1) is 6.54 Å². The second kappa shape index (κ2) is 7.93. The lowest BCUT2D eigenvalue weighted by Gasteiger charge is -2.14. The van der Waals surface area contributed by atoms with E-state index in [-0.39, 0.29) is 11.8 Å². The zero-order chi connectivity index (χ0) is 19.5. The summed E-state index contributed by atoms with van der Waals surface area (Å²) < 4.78 is 5.69. The molecule has 28 heavy (non-hydrogen) atoms. The van der Waals surface area contributed by atoms with Crippen LogP contribution in [0.5, 0.6) is 0 Å². The van der Waals surface area contributed by atoms with Crippen LogP contribution in [0.15, 0.2) is 34.1 Å². The highest BCUT2D eigenvalue weighted by Crippen LogP contribution is 2.27. The number of pyridine rings is 1. The summed E-state index contributed by atoms with van der Waals surface area (Å²) in [6.45, 7) is 1.78. The van der Waals surface area contributed by atoms with Crippen molar-refractivity contribution < 1.29 is 14.0 Å². The van der Waals surface area contributed by atoms with Crippen LogP contribution in [0.25, 0.3) is 11.5 Å². The van der Waals surface area contributed by atoms with E-state index in [0.29, 0.717) is 34.6 Å². The smallest absolute Gasteiger partial charge is 0.276 e. The fourth-order valence-corrected chi connectivity index (χ4v) is 3.83. The number of amides is 2. The van der Waals surface area contributed by atoms with Gasteiger partial charge in [-0.15, -0.1) is 11.3 Å². The minimum Gasteiger partial charge on any atom is -0.458 e. The number of carbonyl (C=O) groups is 2. The van der Waals surface area contributed by atoms with Crippen LogP contribution in [-0.4, -0.2) is 21.8 Å². The molecule has 144 valence electrons. The zero-order valence-electron chi connectivity index (χ0n) is 15.4. The zero-order valence-corrected chi connectivity index (χ0v) is 16.3. The van der Waals surface area contributed by atoms with Crippen LogP contribution in [0.4, 0.5) is 5.13 Å². The average Bonchev–Trinajstić information content (AvgIpc) is 3.35. The largest absolute Gasteiger partial charge is 0.458 e. The molecular weight excluding hydrogens is 376 g/mol. The molecule has 8 heteroatoms. The van der Waals surface area contributed by atoms with Crippen LogP contribution in [0, 0.1) is 0 Å². The van der Waals surface area contributed by atoms with Gasteiger partial charge in [0.25, 0.3) is 5.91 Å². The van der Waals surface area contributed by atoms with Gasteiger partial charge in [0, 0.05) is 18.0 Å². The highest BCUT2D eigenvalue weighted by Gasteiger charge is 2.16. The van der Waals surface area contributed by atoms with E-state index in [9.17, 15) is 9.59 Å². The number of nitrogens with one attached hydrogen (secondary N) is 2. The van der Waals surface area contributed by atoms with Gasteiger partial charge in [-0.05, 0) is 49.4 Å². The Bertz CT molecular complexity index is 1020. The van der Waals surface area contributed by atoms with Crippen molar-refractivity contribution in [2.24, 2.45) is 0 Å². The number of aromatic nitrogens is 2.